The Morgan fingerprint density at radius 1 is 1.16 bits per heavy atom. The maximum absolute atomic E-state index is 15.0. The summed E-state index contributed by atoms with van der Waals surface area (Å²) in [6, 6.07) is 9.65. The van der Waals surface area contributed by atoms with Crippen molar-refractivity contribution in [3.63, 3.8) is 0 Å². The Hall–Kier alpha value is -3.08. The molecule has 2 aromatic carbocycles. The second kappa shape index (κ2) is 8.81. The smallest absolute Gasteiger partial charge is 0.266 e. The molecule has 0 saturated heterocycles. The summed E-state index contributed by atoms with van der Waals surface area (Å²) in [6.45, 7) is 1.83. The molecule has 1 aliphatic heterocycles. The molecule has 3 aromatic rings. The third-order valence-corrected chi connectivity index (χ3v) is 5.76. The van der Waals surface area contributed by atoms with Crippen LogP contribution in [-0.2, 0) is 24.7 Å². The number of hydrogen-bond acceptors (Lipinski definition) is 5. The minimum atomic E-state index is -2.45. The molecule has 0 bridgehead atoms. The second-order valence-corrected chi connectivity index (χ2v) is 8.20. The van der Waals surface area contributed by atoms with Crippen LogP contribution in [-0.4, -0.2) is 30.8 Å². The first kappa shape index (κ1) is 22.1. The SMILES string of the molecule is CC1N=C(c2ccc(F)cc2)c2cc(F)c(CCNS(=O)[O-])cc2-c2nn(C)c(=O)cc21. The Bertz CT molecular complexity index is 1310. The number of rotatable bonds is 5. The summed E-state index contributed by atoms with van der Waals surface area (Å²) < 4.78 is 53.5. The average molecular weight is 457 g/mol. The molecule has 1 aromatic heterocycles. The number of aryl methyl sites for hydroxylation is 1. The molecule has 0 spiro atoms. The minimum Gasteiger partial charge on any atom is -0.760 e. The highest BCUT2D eigenvalue weighted by Gasteiger charge is 2.26. The number of nitrogens with one attached hydrogen (secondary N) is 1. The maximum atomic E-state index is 15.0. The molecule has 2 heterocycles. The van der Waals surface area contributed by atoms with Gasteiger partial charge in [0, 0.05) is 53.2 Å². The molecule has 10 heteroatoms. The summed E-state index contributed by atoms with van der Waals surface area (Å²) in [5.74, 6) is -0.938. The average Bonchev–Trinajstić information content (AvgIpc) is 2.84. The van der Waals surface area contributed by atoms with Gasteiger partial charge < -0.3 is 4.55 Å². The third-order valence-electron chi connectivity index (χ3n) is 5.32. The normalized spacial score (nSPS) is 16.0. The van der Waals surface area contributed by atoms with Crippen LogP contribution in [0, 0.1) is 11.6 Å². The summed E-state index contributed by atoms with van der Waals surface area (Å²) in [6.07, 6.45) is 0.118. The molecule has 2 atom stereocenters. The number of fused-ring (bicyclic) bond motifs is 3. The van der Waals surface area contributed by atoms with Gasteiger partial charge in [0.1, 0.15) is 11.6 Å². The van der Waals surface area contributed by atoms with Crippen LogP contribution in [0.5, 0.6) is 0 Å². The number of nitrogens with zero attached hydrogens (tertiary/aromatic N) is 3. The number of aliphatic imine (C=N–C) groups is 1. The standard InChI is InChI=1S/C22H20F2N4O3S/c1-12-16-11-20(29)28(2)27-22(16)17-9-14(7-8-25-32(30)31)19(24)10-18(17)21(26-12)13-3-5-15(23)6-4-13/h3-6,9-12,25H,7-8H2,1-2H3,(H,30,31)/p-1. The monoisotopic (exact) mass is 457 g/mol. The molecular weight excluding hydrogens is 438 g/mol. The van der Waals surface area contributed by atoms with Crippen molar-refractivity contribution >= 4 is 17.0 Å². The van der Waals surface area contributed by atoms with Gasteiger partial charge in [-0.2, -0.15) is 5.10 Å². The van der Waals surface area contributed by atoms with Crippen molar-refractivity contribution in [3.05, 3.63) is 86.7 Å². The van der Waals surface area contributed by atoms with E-state index in [1.165, 1.54) is 36.0 Å². The van der Waals surface area contributed by atoms with Crippen molar-refractivity contribution < 1.29 is 17.5 Å². The molecule has 0 saturated carbocycles. The first-order chi connectivity index (χ1) is 15.2. The Labute approximate surface area is 185 Å². The Balaban J connectivity index is 1.95. The zero-order chi connectivity index (χ0) is 23.0. The van der Waals surface area contributed by atoms with Gasteiger partial charge in [-0.05, 0) is 55.3 Å². The number of aromatic nitrogens is 2. The highest BCUT2D eigenvalue weighted by atomic mass is 32.2. The quantitative estimate of drug-likeness (QED) is 0.595. The van der Waals surface area contributed by atoms with E-state index in [-0.39, 0.29) is 24.1 Å². The first-order valence-electron chi connectivity index (χ1n) is 9.82. The fourth-order valence-electron chi connectivity index (χ4n) is 3.72. The fourth-order valence-corrected chi connectivity index (χ4v) is 3.99. The lowest BCUT2D eigenvalue weighted by molar-refractivity contribution is 0.522. The van der Waals surface area contributed by atoms with Crippen LogP contribution in [0.15, 0.2) is 52.3 Å². The Kier molecular flexibility index (Phi) is 6.09. The van der Waals surface area contributed by atoms with Crippen molar-refractivity contribution in [2.24, 2.45) is 12.0 Å². The highest BCUT2D eigenvalue weighted by molar-refractivity contribution is 7.77. The lowest BCUT2D eigenvalue weighted by atomic mass is 9.92. The van der Waals surface area contributed by atoms with Crippen molar-refractivity contribution in [1.82, 2.24) is 14.5 Å². The van der Waals surface area contributed by atoms with Crippen LogP contribution in [0.1, 0.15) is 35.2 Å². The second-order valence-electron chi connectivity index (χ2n) is 7.44. The maximum Gasteiger partial charge on any atom is 0.266 e. The van der Waals surface area contributed by atoms with Crippen molar-refractivity contribution in [2.45, 2.75) is 19.4 Å². The molecular formula is C22H19F2N4O3S-. The molecule has 0 fully saturated rings. The molecule has 166 valence electrons. The van der Waals surface area contributed by atoms with Crippen molar-refractivity contribution in [3.8, 4) is 11.3 Å². The van der Waals surface area contributed by atoms with E-state index in [2.05, 4.69) is 9.82 Å². The van der Waals surface area contributed by atoms with Gasteiger partial charge in [0.15, 0.2) is 0 Å². The van der Waals surface area contributed by atoms with E-state index < -0.39 is 28.9 Å². The topological polar surface area (TPSA) is 99.4 Å². The van der Waals surface area contributed by atoms with Gasteiger partial charge in [-0.1, -0.05) is 0 Å². The molecule has 32 heavy (non-hydrogen) atoms. The predicted molar refractivity (Wildman–Crippen MR) is 116 cm³/mol. The van der Waals surface area contributed by atoms with Crippen molar-refractivity contribution in [1.29, 1.82) is 0 Å². The summed E-state index contributed by atoms with van der Waals surface area (Å²) >= 11 is -2.45. The fraction of sp³-hybridized carbons (Fsp3) is 0.227. The summed E-state index contributed by atoms with van der Waals surface area (Å²) in [5.41, 5.74) is 3.11. The first-order valence-corrected chi connectivity index (χ1v) is 10.9. The Morgan fingerprint density at radius 2 is 1.88 bits per heavy atom. The van der Waals surface area contributed by atoms with Crippen molar-refractivity contribution in [2.75, 3.05) is 6.54 Å². The molecule has 0 radical (unpaired) electrons. The summed E-state index contributed by atoms with van der Waals surface area (Å²) in [7, 11) is 1.53. The predicted octanol–water partition coefficient (Wildman–Crippen LogP) is 2.56. The molecule has 0 amide bonds. The van der Waals surface area contributed by atoms with E-state index in [9.17, 15) is 17.9 Å². The van der Waals surface area contributed by atoms with E-state index in [1.54, 1.807) is 25.1 Å². The van der Waals surface area contributed by atoms with Gasteiger partial charge in [-0.15, -0.1) is 0 Å². The van der Waals surface area contributed by atoms with Gasteiger partial charge in [-0.25, -0.2) is 18.2 Å². The molecule has 2 unspecified atom stereocenters. The van der Waals surface area contributed by atoms with E-state index in [1.807, 2.05) is 0 Å². The van der Waals surface area contributed by atoms with E-state index >= 15 is 4.39 Å². The summed E-state index contributed by atoms with van der Waals surface area (Å²) in [4.78, 5) is 17.0. The van der Waals surface area contributed by atoms with E-state index in [4.69, 9.17) is 4.99 Å². The molecule has 7 nitrogen and oxygen atoms in total. The largest absolute Gasteiger partial charge is 0.760 e. The van der Waals surface area contributed by atoms with Crippen LogP contribution in [0.3, 0.4) is 0 Å². The van der Waals surface area contributed by atoms with Gasteiger partial charge in [0.05, 0.1) is 17.4 Å². The van der Waals surface area contributed by atoms with Gasteiger partial charge in [-0.3, -0.25) is 14.0 Å². The zero-order valence-electron chi connectivity index (χ0n) is 17.3. The summed E-state index contributed by atoms with van der Waals surface area (Å²) in [5, 5.41) is 4.42. The number of halogens is 2. The zero-order valence-corrected chi connectivity index (χ0v) is 18.1. The van der Waals surface area contributed by atoms with Gasteiger partial charge in [0.2, 0.25) is 0 Å². The molecule has 1 N–H and O–H groups in total. The van der Waals surface area contributed by atoms with Gasteiger partial charge >= 0.3 is 0 Å². The number of hydrogen-bond donors (Lipinski definition) is 1. The van der Waals surface area contributed by atoms with Crippen LogP contribution >= 0.6 is 0 Å². The molecule has 1 aliphatic rings. The van der Waals surface area contributed by atoms with Crippen LogP contribution in [0.4, 0.5) is 8.78 Å². The number of benzene rings is 2. The lowest BCUT2D eigenvalue weighted by Gasteiger charge is -2.15. The van der Waals surface area contributed by atoms with Gasteiger partial charge in [0.25, 0.3) is 5.56 Å². The minimum absolute atomic E-state index is 0.0225. The van der Waals surface area contributed by atoms with E-state index in [0.717, 1.165) is 0 Å². The Morgan fingerprint density at radius 3 is 2.56 bits per heavy atom. The molecule has 4 rings (SSSR count). The van der Waals surface area contributed by atoms with Crippen LogP contribution < -0.4 is 10.3 Å². The lowest BCUT2D eigenvalue weighted by Crippen LogP contribution is -2.21. The third kappa shape index (κ3) is 4.29. The molecule has 0 aliphatic carbocycles. The highest BCUT2D eigenvalue weighted by Crippen LogP contribution is 2.36. The van der Waals surface area contributed by atoms with Crippen LogP contribution in [0.2, 0.25) is 0 Å². The van der Waals surface area contributed by atoms with E-state index in [0.29, 0.717) is 33.7 Å². The van der Waals surface area contributed by atoms with Crippen LogP contribution in [0.25, 0.3) is 11.3 Å².